The maximum absolute atomic E-state index is 13.5. The molecule has 0 aromatic heterocycles. The average molecular weight is 565 g/mol. The molecule has 0 unspecified atom stereocenters. The lowest BCUT2D eigenvalue weighted by Crippen LogP contribution is -2.49. The van der Waals surface area contributed by atoms with Crippen LogP contribution in [0.1, 0.15) is 28.8 Å². The largest absolute Gasteiger partial charge is 0.273 e. The fourth-order valence-corrected chi connectivity index (χ4v) is 5.44. The zero-order valence-corrected chi connectivity index (χ0v) is 19.9. The maximum Gasteiger partial charge on any atom is 0.273 e. The van der Waals surface area contributed by atoms with Crippen LogP contribution in [0.4, 0.5) is 5.69 Å². The smallest absolute Gasteiger partial charge is 0.272 e. The summed E-state index contributed by atoms with van der Waals surface area (Å²) in [6, 6.07) is 14.3. The van der Waals surface area contributed by atoms with E-state index in [0.29, 0.717) is 12.8 Å². The van der Waals surface area contributed by atoms with Gasteiger partial charge in [-0.1, -0.05) is 68.3 Å². The van der Waals surface area contributed by atoms with E-state index in [9.17, 15) is 24.5 Å². The number of alkyl halides is 2. The molecule has 2 aromatic rings. The molecule has 2 aromatic carbocycles. The normalized spacial score (nSPS) is 24.9. The van der Waals surface area contributed by atoms with Crippen LogP contribution in [0.25, 0.3) is 0 Å². The topological polar surface area (TPSA) is 101 Å². The van der Waals surface area contributed by atoms with E-state index >= 15 is 0 Å². The molecule has 2 aliphatic rings. The zero-order chi connectivity index (χ0) is 23.0. The number of hydrogen-bond donors (Lipinski definition) is 0. The number of imide groups is 1. The molecular formula is C22H19Br2N3O5. The Morgan fingerprint density at radius 2 is 1.59 bits per heavy atom. The number of fused-ring (bicyclic) bond motifs is 1. The first-order valence-corrected chi connectivity index (χ1v) is 11.9. The quantitative estimate of drug-likeness (QED) is 0.236. The van der Waals surface area contributed by atoms with E-state index in [1.807, 2.05) is 6.07 Å². The van der Waals surface area contributed by atoms with Gasteiger partial charge in [0.2, 0.25) is 0 Å². The van der Waals surface area contributed by atoms with Crippen LogP contribution in [0.2, 0.25) is 0 Å². The van der Waals surface area contributed by atoms with Crippen molar-refractivity contribution in [3.8, 4) is 0 Å². The number of nitrogens with zero attached hydrogens (tertiary/aromatic N) is 3. The molecule has 1 saturated heterocycles. The summed E-state index contributed by atoms with van der Waals surface area (Å²) in [6.07, 6.45) is 0.956. The van der Waals surface area contributed by atoms with Crippen molar-refractivity contribution in [1.82, 2.24) is 10.0 Å². The molecule has 1 aliphatic carbocycles. The highest BCUT2D eigenvalue weighted by Gasteiger charge is 2.54. The third-order valence-electron chi connectivity index (χ3n) is 5.84. The van der Waals surface area contributed by atoms with Gasteiger partial charge in [0.25, 0.3) is 23.4 Å². The van der Waals surface area contributed by atoms with Crippen molar-refractivity contribution in [1.29, 1.82) is 0 Å². The minimum Gasteiger partial charge on any atom is -0.272 e. The van der Waals surface area contributed by atoms with Gasteiger partial charge < -0.3 is 0 Å². The van der Waals surface area contributed by atoms with Crippen LogP contribution in [0.5, 0.6) is 0 Å². The molecule has 166 valence electrons. The summed E-state index contributed by atoms with van der Waals surface area (Å²) in [5, 5.41) is 13.2. The molecule has 0 N–H and O–H groups in total. The number of benzene rings is 2. The summed E-state index contributed by atoms with van der Waals surface area (Å²) in [4.78, 5) is 50.8. The number of halogens is 2. The Hall–Kier alpha value is -2.59. The number of hydrogen-bond acceptors (Lipinski definition) is 5. The maximum atomic E-state index is 13.5. The summed E-state index contributed by atoms with van der Waals surface area (Å²) in [7, 11) is 0. The summed E-state index contributed by atoms with van der Waals surface area (Å²) in [5.41, 5.74) is 0.508. The summed E-state index contributed by atoms with van der Waals surface area (Å²) < 4.78 is 0. The number of amides is 3. The van der Waals surface area contributed by atoms with Gasteiger partial charge in [0.1, 0.15) is 0 Å². The van der Waals surface area contributed by atoms with Gasteiger partial charge in [-0.3, -0.25) is 24.5 Å². The molecule has 1 saturated carbocycles. The number of rotatable bonds is 5. The number of nitro groups is 1. The Labute approximate surface area is 200 Å². The molecule has 8 nitrogen and oxygen atoms in total. The van der Waals surface area contributed by atoms with Gasteiger partial charge in [-0.25, -0.2) is 5.01 Å². The fraction of sp³-hybridized carbons (Fsp3) is 0.318. The van der Waals surface area contributed by atoms with Gasteiger partial charge in [-0.15, -0.1) is 0 Å². The van der Waals surface area contributed by atoms with Crippen LogP contribution in [-0.2, 0) is 16.1 Å². The first-order valence-electron chi connectivity index (χ1n) is 10.0. The monoisotopic (exact) mass is 563 g/mol. The molecule has 32 heavy (non-hydrogen) atoms. The molecule has 4 atom stereocenters. The second-order valence-corrected chi connectivity index (χ2v) is 10.2. The Morgan fingerprint density at radius 1 is 1.00 bits per heavy atom. The third kappa shape index (κ3) is 4.21. The molecule has 1 aliphatic heterocycles. The minimum atomic E-state index is -0.649. The Morgan fingerprint density at radius 3 is 2.16 bits per heavy atom. The molecule has 10 heteroatoms. The van der Waals surface area contributed by atoms with Crippen LogP contribution in [0.3, 0.4) is 0 Å². The van der Waals surface area contributed by atoms with Gasteiger partial charge in [-0.2, -0.15) is 5.01 Å². The predicted octanol–water partition coefficient (Wildman–Crippen LogP) is 4.07. The molecule has 0 bridgehead atoms. The summed E-state index contributed by atoms with van der Waals surface area (Å²) in [5.74, 6) is -2.52. The molecule has 4 rings (SSSR count). The van der Waals surface area contributed by atoms with Crippen molar-refractivity contribution in [3.63, 3.8) is 0 Å². The second-order valence-electron chi connectivity index (χ2n) is 7.86. The van der Waals surface area contributed by atoms with Crippen LogP contribution in [0, 0.1) is 22.0 Å². The Balaban J connectivity index is 1.72. The van der Waals surface area contributed by atoms with Crippen molar-refractivity contribution in [2.75, 3.05) is 0 Å². The third-order valence-corrected chi connectivity index (χ3v) is 8.58. The van der Waals surface area contributed by atoms with Crippen molar-refractivity contribution in [2.45, 2.75) is 29.0 Å². The Bertz CT molecular complexity index is 1050. The second kappa shape index (κ2) is 9.11. The molecule has 3 amide bonds. The van der Waals surface area contributed by atoms with E-state index in [0.717, 1.165) is 21.6 Å². The minimum absolute atomic E-state index is 0.0191. The van der Waals surface area contributed by atoms with E-state index in [1.54, 1.807) is 24.3 Å². The highest BCUT2D eigenvalue weighted by Crippen LogP contribution is 2.44. The van der Waals surface area contributed by atoms with Crippen LogP contribution in [-0.4, -0.2) is 42.3 Å². The van der Waals surface area contributed by atoms with Crippen molar-refractivity contribution >= 4 is 55.3 Å². The van der Waals surface area contributed by atoms with Crippen LogP contribution >= 0.6 is 31.9 Å². The van der Waals surface area contributed by atoms with Crippen LogP contribution < -0.4 is 0 Å². The average Bonchev–Trinajstić information content (AvgIpc) is 3.02. The van der Waals surface area contributed by atoms with E-state index < -0.39 is 34.5 Å². The van der Waals surface area contributed by atoms with Gasteiger partial charge in [0, 0.05) is 27.4 Å². The first kappa shape index (κ1) is 22.6. The number of nitro benzene ring substituents is 1. The van der Waals surface area contributed by atoms with E-state index in [2.05, 4.69) is 31.9 Å². The zero-order valence-electron chi connectivity index (χ0n) is 16.8. The molecule has 1 heterocycles. The van der Waals surface area contributed by atoms with E-state index in [-0.39, 0.29) is 27.4 Å². The number of non-ortho nitro benzene ring substituents is 1. The summed E-state index contributed by atoms with van der Waals surface area (Å²) >= 11 is 7.12. The van der Waals surface area contributed by atoms with E-state index in [4.69, 9.17) is 0 Å². The van der Waals surface area contributed by atoms with Crippen LogP contribution in [0.15, 0.2) is 54.6 Å². The predicted molar refractivity (Wildman–Crippen MR) is 123 cm³/mol. The highest BCUT2D eigenvalue weighted by molar-refractivity contribution is 9.12. The van der Waals surface area contributed by atoms with Crippen molar-refractivity contribution in [3.05, 3.63) is 75.8 Å². The number of carbonyl (C=O) groups is 3. The lowest BCUT2D eigenvalue weighted by Gasteiger charge is -2.30. The van der Waals surface area contributed by atoms with Gasteiger partial charge in [0.15, 0.2) is 0 Å². The van der Waals surface area contributed by atoms with Crippen molar-refractivity contribution in [2.24, 2.45) is 11.8 Å². The molecule has 2 fully saturated rings. The molecule has 0 radical (unpaired) electrons. The standard InChI is InChI=1S/C22H19Br2N3O5/c23-18-10-16-17(11-19(18)24)22(30)26(21(16)29)25(12-13-5-2-1-3-6-13)20(28)14-7-4-8-15(9-14)27(31)32/h1-9,16-19H,10-12H2/t16-,17+,18+,19-. The van der Waals surface area contributed by atoms with Gasteiger partial charge in [0.05, 0.1) is 23.3 Å². The van der Waals surface area contributed by atoms with Crippen molar-refractivity contribution < 1.29 is 19.3 Å². The van der Waals surface area contributed by atoms with Gasteiger partial charge >= 0.3 is 0 Å². The Kier molecular flexibility index (Phi) is 6.43. The fourth-order valence-electron chi connectivity index (χ4n) is 4.21. The van der Waals surface area contributed by atoms with E-state index in [1.165, 1.54) is 18.2 Å². The SMILES string of the molecule is O=C(c1cccc([N+](=O)[O-])c1)N(Cc1ccccc1)N1C(=O)[C@H]2C[C@@H](Br)[C@@H](Br)C[C@H]2C1=O. The lowest BCUT2D eigenvalue weighted by molar-refractivity contribution is -0.384. The van der Waals surface area contributed by atoms with Gasteiger partial charge in [-0.05, 0) is 24.5 Å². The highest BCUT2D eigenvalue weighted by atomic mass is 79.9. The molecule has 0 spiro atoms. The molecular weight excluding hydrogens is 546 g/mol. The lowest BCUT2D eigenvalue weighted by atomic mass is 9.81. The number of carbonyl (C=O) groups excluding carboxylic acids is 3. The number of hydrazine groups is 1. The first-order chi connectivity index (χ1) is 15.3. The summed E-state index contributed by atoms with van der Waals surface area (Å²) in [6.45, 7) is -0.0191.